The Morgan fingerprint density at radius 2 is 1.81 bits per heavy atom. The maximum absolute atomic E-state index is 3.40. The van der Waals surface area contributed by atoms with Crippen molar-refractivity contribution in [2.24, 2.45) is 5.92 Å². The first-order valence-corrected chi connectivity index (χ1v) is 7.16. The summed E-state index contributed by atoms with van der Waals surface area (Å²) < 4.78 is 0. The molecule has 1 aromatic carbocycles. The van der Waals surface area contributed by atoms with Crippen LogP contribution in [0.3, 0.4) is 0 Å². The summed E-state index contributed by atoms with van der Waals surface area (Å²) in [7, 11) is 2.06. The van der Waals surface area contributed by atoms with Crippen LogP contribution in [0.25, 0.3) is 0 Å². The molecule has 2 heteroatoms. The molecule has 0 aromatic heterocycles. The summed E-state index contributed by atoms with van der Waals surface area (Å²) in [5.74, 6) is 3.25. The van der Waals surface area contributed by atoms with Crippen LogP contribution in [-0.2, 0) is 6.42 Å². The van der Waals surface area contributed by atoms with E-state index < -0.39 is 0 Å². The largest absolute Gasteiger partial charge is 0.316 e. The van der Waals surface area contributed by atoms with Gasteiger partial charge >= 0.3 is 0 Å². The average molecular weight is 237 g/mol. The Bertz CT molecular complexity index is 271. The maximum atomic E-state index is 3.40. The van der Waals surface area contributed by atoms with Crippen molar-refractivity contribution in [3.8, 4) is 0 Å². The third kappa shape index (κ3) is 5.57. The zero-order chi connectivity index (χ0) is 11.8. The summed E-state index contributed by atoms with van der Waals surface area (Å²) in [6.07, 6.45) is 1.13. The lowest BCUT2D eigenvalue weighted by atomic mass is 10.1. The van der Waals surface area contributed by atoms with Crippen molar-refractivity contribution >= 4 is 11.8 Å². The molecule has 0 saturated carbocycles. The quantitative estimate of drug-likeness (QED) is 0.781. The molecule has 1 unspecified atom stereocenters. The number of hydrogen-bond donors (Lipinski definition) is 1. The van der Waals surface area contributed by atoms with Gasteiger partial charge in [-0.3, -0.25) is 0 Å². The highest BCUT2D eigenvalue weighted by atomic mass is 32.2. The van der Waals surface area contributed by atoms with Crippen LogP contribution in [0.4, 0.5) is 0 Å². The van der Waals surface area contributed by atoms with E-state index >= 15 is 0 Å². The molecular weight excluding hydrogens is 214 g/mol. The second-order valence-electron chi connectivity index (χ2n) is 4.61. The predicted molar refractivity (Wildman–Crippen MR) is 75.2 cm³/mol. The molecule has 1 nitrogen and oxygen atoms in total. The van der Waals surface area contributed by atoms with Gasteiger partial charge in [-0.15, -0.1) is 0 Å². The number of thioether (sulfide) groups is 1. The molecular formula is C14H23NS. The monoisotopic (exact) mass is 237 g/mol. The first-order chi connectivity index (χ1) is 7.72. The maximum Gasteiger partial charge on any atom is 0.0195 e. The van der Waals surface area contributed by atoms with E-state index in [4.69, 9.17) is 0 Å². The zero-order valence-electron chi connectivity index (χ0n) is 10.6. The summed E-state index contributed by atoms with van der Waals surface area (Å²) in [6.45, 7) is 4.55. The molecule has 1 N–H and O–H groups in total. The summed E-state index contributed by atoms with van der Waals surface area (Å²) in [5, 5.41) is 3.40. The van der Waals surface area contributed by atoms with E-state index in [1.54, 1.807) is 0 Å². The van der Waals surface area contributed by atoms with Gasteiger partial charge in [-0.05, 0) is 30.7 Å². The highest BCUT2D eigenvalue weighted by Gasteiger charge is 2.07. The van der Waals surface area contributed by atoms with Crippen molar-refractivity contribution in [1.82, 2.24) is 5.32 Å². The zero-order valence-corrected chi connectivity index (χ0v) is 11.4. The van der Waals surface area contributed by atoms with Crippen LogP contribution in [0, 0.1) is 5.92 Å². The van der Waals surface area contributed by atoms with Crippen molar-refractivity contribution < 1.29 is 0 Å². The van der Waals surface area contributed by atoms with Crippen molar-refractivity contribution in [1.29, 1.82) is 0 Å². The molecule has 0 radical (unpaired) electrons. The molecule has 0 heterocycles. The normalized spacial score (nSPS) is 13.0. The molecule has 0 fully saturated rings. The molecule has 90 valence electrons. The van der Waals surface area contributed by atoms with Crippen LogP contribution in [-0.4, -0.2) is 24.6 Å². The summed E-state index contributed by atoms with van der Waals surface area (Å²) in [6, 6.07) is 11.3. The number of nitrogens with one attached hydrogen (secondary N) is 1. The Balaban J connectivity index is 2.32. The van der Waals surface area contributed by atoms with Gasteiger partial charge in [-0.1, -0.05) is 44.2 Å². The second kappa shape index (κ2) is 7.75. The Hall–Kier alpha value is -0.470. The summed E-state index contributed by atoms with van der Waals surface area (Å²) >= 11 is 2.05. The lowest BCUT2D eigenvalue weighted by Gasteiger charge is -2.16. The van der Waals surface area contributed by atoms with Gasteiger partial charge in [0.15, 0.2) is 0 Å². The Labute approximate surface area is 104 Å². The molecule has 1 atom stereocenters. The fourth-order valence-electron chi connectivity index (χ4n) is 1.59. The van der Waals surface area contributed by atoms with Crippen LogP contribution in [0.5, 0.6) is 0 Å². The predicted octanol–water partition coefficient (Wildman–Crippen LogP) is 3.21. The van der Waals surface area contributed by atoms with Crippen molar-refractivity contribution in [2.45, 2.75) is 26.3 Å². The van der Waals surface area contributed by atoms with Gasteiger partial charge in [0.2, 0.25) is 0 Å². The number of likely N-dealkylation sites (N-methyl/N-ethyl adjacent to an activating group) is 1. The topological polar surface area (TPSA) is 12.0 Å². The molecule has 0 aliphatic carbocycles. The minimum atomic E-state index is 0.589. The third-order valence-electron chi connectivity index (χ3n) is 2.50. The van der Waals surface area contributed by atoms with E-state index in [0.717, 1.165) is 12.3 Å². The minimum Gasteiger partial charge on any atom is -0.316 e. The van der Waals surface area contributed by atoms with Crippen molar-refractivity contribution in [3.63, 3.8) is 0 Å². The first-order valence-electron chi connectivity index (χ1n) is 6.01. The standard InChI is InChI=1S/C14H23NS/c1-12(2)10-16-11-14(15-3)9-13-7-5-4-6-8-13/h4-8,12,14-15H,9-11H2,1-3H3. The Morgan fingerprint density at radius 1 is 1.12 bits per heavy atom. The van der Waals surface area contributed by atoms with Crippen LogP contribution in [0.15, 0.2) is 30.3 Å². The van der Waals surface area contributed by atoms with Crippen LogP contribution >= 0.6 is 11.8 Å². The highest BCUT2D eigenvalue weighted by molar-refractivity contribution is 7.99. The van der Waals surface area contributed by atoms with Gasteiger partial charge in [0.1, 0.15) is 0 Å². The van der Waals surface area contributed by atoms with E-state index in [2.05, 4.69) is 68.3 Å². The van der Waals surface area contributed by atoms with Crippen molar-refractivity contribution in [3.05, 3.63) is 35.9 Å². The smallest absolute Gasteiger partial charge is 0.0195 e. The van der Waals surface area contributed by atoms with Gasteiger partial charge in [0.05, 0.1) is 0 Å². The molecule has 0 spiro atoms. The average Bonchev–Trinajstić information content (AvgIpc) is 2.28. The van der Waals surface area contributed by atoms with Crippen LogP contribution in [0.1, 0.15) is 19.4 Å². The van der Waals surface area contributed by atoms with Gasteiger partial charge in [0.25, 0.3) is 0 Å². The van der Waals surface area contributed by atoms with E-state index in [1.165, 1.54) is 17.1 Å². The Kier molecular flexibility index (Phi) is 6.58. The molecule has 0 aliphatic heterocycles. The second-order valence-corrected chi connectivity index (χ2v) is 5.68. The molecule has 16 heavy (non-hydrogen) atoms. The van der Waals surface area contributed by atoms with E-state index in [9.17, 15) is 0 Å². The molecule has 0 saturated heterocycles. The fraction of sp³-hybridized carbons (Fsp3) is 0.571. The van der Waals surface area contributed by atoms with Gasteiger partial charge in [0, 0.05) is 11.8 Å². The molecule has 0 bridgehead atoms. The molecule has 1 aromatic rings. The number of rotatable bonds is 7. The summed E-state index contributed by atoms with van der Waals surface area (Å²) in [4.78, 5) is 0. The fourth-order valence-corrected chi connectivity index (χ4v) is 2.77. The highest BCUT2D eigenvalue weighted by Crippen LogP contribution is 2.12. The number of hydrogen-bond acceptors (Lipinski definition) is 2. The lowest BCUT2D eigenvalue weighted by Crippen LogP contribution is -2.30. The Morgan fingerprint density at radius 3 is 2.38 bits per heavy atom. The van der Waals surface area contributed by atoms with Crippen LogP contribution < -0.4 is 5.32 Å². The molecule has 0 aliphatic rings. The van der Waals surface area contributed by atoms with E-state index in [0.29, 0.717) is 6.04 Å². The van der Waals surface area contributed by atoms with Gasteiger partial charge in [-0.25, -0.2) is 0 Å². The van der Waals surface area contributed by atoms with Crippen molar-refractivity contribution in [2.75, 3.05) is 18.6 Å². The van der Waals surface area contributed by atoms with Crippen LogP contribution in [0.2, 0.25) is 0 Å². The van der Waals surface area contributed by atoms with E-state index in [1.807, 2.05) is 0 Å². The SMILES string of the molecule is CNC(CSCC(C)C)Cc1ccccc1. The van der Waals surface area contributed by atoms with E-state index in [-0.39, 0.29) is 0 Å². The minimum absolute atomic E-state index is 0.589. The lowest BCUT2D eigenvalue weighted by molar-refractivity contribution is 0.616. The summed E-state index contributed by atoms with van der Waals surface area (Å²) in [5.41, 5.74) is 1.42. The third-order valence-corrected chi connectivity index (χ3v) is 4.04. The first kappa shape index (κ1) is 13.6. The molecule has 1 rings (SSSR count). The number of benzene rings is 1. The van der Waals surface area contributed by atoms with Gasteiger partial charge < -0.3 is 5.32 Å². The molecule has 0 amide bonds. The van der Waals surface area contributed by atoms with Gasteiger partial charge in [-0.2, -0.15) is 11.8 Å².